The number of rotatable bonds is 9. The van der Waals surface area contributed by atoms with E-state index in [4.69, 9.17) is 10.2 Å². The Balaban J connectivity index is 2.12. The first kappa shape index (κ1) is 15.1. The number of hydrogen-bond donors (Lipinski definition) is 4. The molecule has 4 N–H and O–H groups in total. The largest absolute Gasteiger partial charge is 0.480 e. The van der Waals surface area contributed by atoms with Crippen LogP contribution in [0.15, 0.2) is 24.3 Å². The minimum Gasteiger partial charge on any atom is -0.480 e. The Kier molecular flexibility index (Phi) is 6.56. The monoisotopic (exact) mass is 266 g/mol. The highest BCUT2D eigenvalue weighted by Crippen LogP contribution is 2.04. The second kappa shape index (κ2) is 8.23. The van der Waals surface area contributed by atoms with Gasteiger partial charge in [-0.05, 0) is 30.7 Å². The summed E-state index contributed by atoms with van der Waals surface area (Å²) in [4.78, 5) is 20.9. The van der Waals surface area contributed by atoms with Crippen LogP contribution in [0.4, 0.5) is 0 Å². The summed E-state index contributed by atoms with van der Waals surface area (Å²) in [6.45, 7) is 2.03. The molecule has 1 aromatic rings. The molecule has 104 valence electrons. The summed E-state index contributed by atoms with van der Waals surface area (Å²) in [5.74, 6) is -1.78. The smallest absolute Gasteiger partial charge is 0.335 e. The number of benzene rings is 1. The topological polar surface area (TPSA) is 98.7 Å². The van der Waals surface area contributed by atoms with Crippen molar-refractivity contribution in [3.05, 3.63) is 35.4 Å². The zero-order valence-corrected chi connectivity index (χ0v) is 10.6. The number of carbonyl (C=O) groups is 2. The van der Waals surface area contributed by atoms with Crippen LogP contribution in [0.1, 0.15) is 15.9 Å². The van der Waals surface area contributed by atoms with Crippen LogP contribution in [0.25, 0.3) is 0 Å². The Morgan fingerprint density at radius 1 is 0.947 bits per heavy atom. The van der Waals surface area contributed by atoms with Crippen LogP contribution in [0.5, 0.6) is 0 Å². The maximum atomic E-state index is 10.7. The van der Waals surface area contributed by atoms with Crippen LogP contribution in [-0.2, 0) is 11.2 Å². The zero-order chi connectivity index (χ0) is 14.1. The van der Waals surface area contributed by atoms with Crippen molar-refractivity contribution >= 4 is 11.9 Å². The quantitative estimate of drug-likeness (QED) is 0.476. The molecule has 0 spiro atoms. The lowest BCUT2D eigenvalue weighted by molar-refractivity contribution is -0.135. The number of nitrogens with one attached hydrogen (secondary N) is 2. The highest BCUT2D eigenvalue weighted by Gasteiger charge is 2.01. The van der Waals surface area contributed by atoms with E-state index in [-0.39, 0.29) is 12.1 Å². The van der Waals surface area contributed by atoms with Gasteiger partial charge in [0.05, 0.1) is 12.1 Å². The van der Waals surface area contributed by atoms with Gasteiger partial charge in [0.1, 0.15) is 0 Å². The van der Waals surface area contributed by atoms with Crippen molar-refractivity contribution in [3.8, 4) is 0 Å². The summed E-state index contributed by atoms with van der Waals surface area (Å²) in [5.41, 5.74) is 1.35. The van der Waals surface area contributed by atoms with Crippen LogP contribution in [0.3, 0.4) is 0 Å². The molecule has 0 atom stereocenters. The van der Waals surface area contributed by atoms with Gasteiger partial charge in [0.15, 0.2) is 0 Å². The van der Waals surface area contributed by atoms with Crippen molar-refractivity contribution in [1.82, 2.24) is 10.6 Å². The van der Waals surface area contributed by atoms with E-state index in [2.05, 4.69) is 10.6 Å². The number of aliphatic carboxylic acids is 1. The standard InChI is InChI=1S/C13H18N2O4/c16-12(17)9-15-8-7-14-6-5-10-1-3-11(4-2-10)13(18)19/h1-4,14-15H,5-9H2,(H,16,17)(H,18,19). The van der Waals surface area contributed by atoms with Crippen molar-refractivity contribution in [2.24, 2.45) is 0 Å². The van der Waals surface area contributed by atoms with Crippen LogP contribution >= 0.6 is 0 Å². The molecule has 0 amide bonds. The normalized spacial score (nSPS) is 10.3. The van der Waals surface area contributed by atoms with Gasteiger partial charge in [0.2, 0.25) is 0 Å². The molecule has 0 aliphatic carbocycles. The molecule has 6 nitrogen and oxygen atoms in total. The minimum absolute atomic E-state index is 0.0294. The lowest BCUT2D eigenvalue weighted by Crippen LogP contribution is -2.31. The third-order valence-corrected chi connectivity index (χ3v) is 2.55. The Hall–Kier alpha value is -1.92. The fourth-order valence-electron chi connectivity index (χ4n) is 1.54. The molecule has 0 saturated heterocycles. The molecule has 0 aromatic heterocycles. The fraction of sp³-hybridized carbons (Fsp3) is 0.385. The van der Waals surface area contributed by atoms with Crippen molar-refractivity contribution < 1.29 is 19.8 Å². The molecule has 0 unspecified atom stereocenters. The first-order chi connectivity index (χ1) is 9.09. The molecule has 0 aliphatic rings. The van der Waals surface area contributed by atoms with Crippen molar-refractivity contribution in [3.63, 3.8) is 0 Å². The molecule has 0 aliphatic heterocycles. The Bertz CT molecular complexity index is 417. The zero-order valence-electron chi connectivity index (χ0n) is 10.6. The van der Waals surface area contributed by atoms with E-state index in [1.165, 1.54) is 0 Å². The van der Waals surface area contributed by atoms with Crippen molar-refractivity contribution in [2.45, 2.75) is 6.42 Å². The number of aromatic carboxylic acids is 1. The molecule has 0 bridgehead atoms. The van der Waals surface area contributed by atoms with Gasteiger partial charge in [-0.1, -0.05) is 12.1 Å². The van der Waals surface area contributed by atoms with E-state index in [0.717, 1.165) is 18.5 Å². The summed E-state index contributed by atoms with van der Waals surface area (Å²) in [6.07, 6.45) is 0.804. The van der Waals surface area contributed by atoms with E-state index < -0.39 is 11.9 Å². The fourth-order valence-corrected chi connectivity index (χ4v) is 1.54. The summed E-state index contributed by atoms with van der Waals surface area (Å²) >= 11 is 0. The number of hydrogen-bond acceptors (Lipinski definition) is 4. The van der Waals surface area contributed by atoms with Gasteiger partial charge < -0.3 is 20.8 Å². The van der Waals surface area contributed by atoms with E-state index in [1.807, 2.05) is 0 Å². The number of carboxylic acids is 2. The van der Waals surface area contributed by atoms with Gasteiger partial charge in [-0.25, -0.2) is 4.79 Å². The molecule has 0 saturated carbocycles. The summed E-state index contributed by atoms with van der Waals surface area (Å²) in [7, 11) is 0. The molecule has 0 radical (unpaired) electrons. The molecule has 1 rings (SSSR count). The van der Waals surface area contributed by atoms with E-state index >= 15 is 0 Å². The maximum Gasteiger partial charge on any atom is 0.335 e. The lowest BCUT2D eigenvalue weighted by atomic mass is 10.1. The first-order valence-electron chi connectivity index (χ1n) is 6.05. The Labute approximate surface area is 111 Å². The van der Waals surface area contributed by atoms with Gasteiger partial charge >= 0.3 is 11.9 Å². The summed E-state index contributed by atoms with van der Waals surface area (Å²) < 4.78 is 0. The van der Waals surface area contributed by atoms with Crippen LogP contribution in [0, 0.1) is 0 Å². The van der Waals surface area contributed by atoms with Crippen molar-refractivity contribution in [2.75, 3.05) is 26.2 Å². The molecule has 6 heteroatoms. The van der Waals surface area contributed by atoms with E-state index in [9.17, 15) is 9.59 Å². The average molecular weight is 266 g/mol. The molecule has 1 aromatic carbocycles. The third-order valence-electron chi connectivity index (χ3n) is 2.55. The lowest BCUT2D eigenvalue weighted by Gasteiger charge is -2.05. The minimum atomic E-state index is -0.922. The van der Waals surface area contributed by atoms with Gasteiger partial charge in [-0.2, -0.15) is 0 Å². The van der Waals surface area contributed by atoms with E-state index in [0.29, 0.717) is 13.1 Å². The van der Waals surface area contributed by atoms with Crippen LogP contribution in [0.2, 0.25) is 0 Å². The number of carboxylic acid groups (broad SMARTS) is 2. The summed E-state index contributed by atoms with van der Waals surface area (Å²) in [5, 5.41) is 23.1. The van der Waals surface area contributed by atoms with Gasteiger partial charge in [0.25, 0.3) is 0 Å². The Morgan fingerprint density at radius 3 is 2.16 bits per heavy atom. The van der Waals surface area contributed by atoms with Crippen LogP contribution in [-0.4, -0.2) is 48.3 Å². The van der Waals surface area contributed by atoms with Gasteiger partial charge in [-0.3, -0.25) is 4.79 Å². The highest BCUT2D eigenvalue weighted by molar-refractivity contribution is 5.87. The molecule has 0 heterocycles. The summed E-state index contributed by atoms with van der Waals surface area (Å²) in [6, 6.07) is 6.78. The molecular formula is C13H18N2O4. The molecular weight excluding hydrogens is 248 g/mol. The SMILES string of the molecule is O=C(O)CNCCNCCc1ccc(C(=O)O)cc1. The van der Waals surface area contributed by atoms with Crippen molar-refractivity contribution in [1.29, 1.82) is 0 Å². The van der Waals surface area contributed by atoms with Gasteiger partial charge in [-0.15, -0.1) is 0 Å². The maximum absolute atomic E-state index is 10.7. The highest BCUT2D eigenvalue weighted by atomic mass is 16.4. The third kappa shape index (κ3) is 6.54. The second-order valence-corrected chi connectivity index (χ2v) is 4.07. The second-order valence-electron chi connectivity index (χ2n) is 4.07. The Morgan fingerprint density at radius 2 is 1.58 bits per heavy atom. The van der Waals surface area contributed by atoms with Gasteiger partial charge in [0, 0.05) is 13.1 Å². The first-order valence-corrected chi connectivity index (χ1v) is 6.05. The predicted molar refractivity (Wildman–Crippen MR) is 70.5 cm³/mol. The van der Waals surface area contributed by atoms with Crippen LogP contribution < -0.4 is 10.6 Å². The predicted octanol–water partition coefficient (Wildman–Crippen LogP) is 0.191. The average Bonchev–Trinajstić information content (AvgIpc) is 2.38. The molecule has 19 heavy (non-hydrogen) atoms. The molecule has 0 fully saturated rings. The van der Waals surface area contributed by atoms with E-state index in [1.54, 1.807) is 24.3 Å².